The van der Waals surface area contributed by atoms with Crippen LogP contribution in [0.25, 0.3) is 0 Å². The zero-order valence-corrected chi connectivity index (χ0v) is 12.4. The van der Waals surface area contributed by atoms with Crippen molar-refractivity contribution in [2.45, 2.75) is 25.3 Å². The van der Waals surface area contributed by atoms with Crippen molar-refractivity contribution in [2.75, 3.05) is 6.54 Å². The Kier molecular flexibility index (Phi) is 3.75. The van der Waals surface area contributed by atoms with Gasteiger partial charge in [0.15, 0.2) is 0 Å². The van der Waals surface area contributed by atoms with E-state index >= 15 is 0 Å². The van der Waals surface area contributed by atoms with Crippen LogP contribution in [0.5, 0.6) is 11.5 Å². The first-order valence-corrected chi connectivity index (χ1v) is 7.45. The van der Waals surface area contributed by atoms with Crippen LogP contribution in [-0.4, -0.2) is 33.6 Å². The van der Waals surface area contributed by atoms with Gasteiger partial charge in [0.1, 0.15) is 11.5 Å². The number of carbonyl (C=O) groups excluding carboxylic acids is 1. The second-order valence-corrected chi connectivity index (χ2v) is 5.78. The molecule has 1 aliphatic rings. The molecule has 2 atom stereocenters. The maximum atomic E-state index is 12.6. The molecule has 4 nitrogen and oxygen atoms in total. The molecule has 2 N–H and O–H groups in total. The zero-order valence-electron chi connectivity index (χ0n) is 12.4. The van der Waals surface area contributed by atoms with E-state index in [-0.39, 0.29) is 23.4 Å². The molecule has 22 heavy (non-hydrogen) atoms. The Bertz CT molecular complexity index is 664. The fourth-order valence-electron chi connectivity index (χ4n) is 3.26. The van der Waals surface area contributed by atoms with E-state index in [0.29, 0.717) is 18.0 Å². The highest BCUT2D eigenvalue weighted by Crippen LogP contribution is 2.34. The topological polar surface area (TPSA) is 60.8 Å². The molecule has 0 aliphatic carbocycles. The molecule has 1 heterocycles. The number of aromatic hydroxyl groups is 2. The van der Waals surface area contributed by atoms with Crippen LogP contribution in [0, 0.1) is 0 Å². The van der Waals surface area contributed by atoms with Gasteiger partial charge in [-0.1, -0.05) is 30.3 Å². The van der Waals surface area contributed by atoms with Crippen LogP contribution >= 0.6 is 0 Å². The quantitative estimate of drug-likeness (QED) is 0.895. The number of benzene rings is 2. The smallest absolute Gasteiger partial charge is 0.254 e. The van der Waals surface area contributed by atoms with E-state index in [2.05, 4.69) is 12.1 Å². The van der Waals surface area contributed by atoms with Crippen molar-refractivity contribution in [3.05, 3.63) is 59.7 Å². The Morgan fingerprint density at radius 3 is 2.36 bits per heavy atom. The van der Waals surface area contributed by atoms with Crippen LogP contribution in [0.3, 0.4) is 0 Å². The Morgan fingerprint density at radius 2 is 1.73 bits per heavy atom. The molecule has 0 bridgehead atoms. The predicted octanol–water partition coefficient (Wildman–Crippen LogP) is 3.12. The van der Waals surface area contributed by atoms with Gasteiger partial charge in [-0.3, -0.25) is 4.79 Å². The molecule has 1 amide bonds. The average Bonchev–Trinajstić information content (AvgIpc) is 2.88. The monoisotopic (exact) mass is 297 g/mol. The molecule has 1 saturated heterocycles. The summed E-state index contributed by atoms with van der Waals surface area (Å²) in [5.74, 6) is -0.0437. The second kappa shape index (κ2) is 5.72. The predicted molar refractivity (Wildman–Crippen MR) is 84.1 cm³/mol. The summed E-state index contributed by atoms with van der Waals surface area (Å²) in [5.41, 5.74) is 1.56. The lowest BCUT2D eigenvalue weighted by molar-refractivity contribution is 0.0741. The van der Waals surface area contributed by atoms with Gasteiger partial charge in [0.2, 0.25) is 0 Å². The number of phenols is 2. The molecule has 4 heteroatoms. The molecule has 1 aliphatic heterocycles. The summed E-state index contributed by atoms with van der Waals surface area (Å²) in [6.45, 7) is 2.72. The largest absolute Gasteiger partial charge is 0.508 e. The third kappa shape index (κ3) is 2.64. The summed E-state index contributed by atoms with van der Waals surface area (Å²) in [5, 5.41) is 19.1. The van der Waals surface area contributed by atoms with Crippen LogP contribution in [0.15, 0.2) is 48.5 Å². The van der Waals surface area contributed by atoms with Crippen molar-refractivity contribution < 1.29 is 15.0 Å². The molecular formula is C18H19NO3. The lowest BCUT2D eigenvalue weighted by Gasteiger charge is -2.25. The highest BCUT2D eigenvalue weighted by Gasteiger charge is 2.35. The highest BCUT2D eigenvalue weighted by atomic mass is 16.3. The summed E-state index contributed by atoms with van der Waals surface area (Å²) < 4.78 is 0. The van der Waals surface area contributed by atoms with Gasteiger partial charge in [-0.05, 0) is 31.0 Å². The lowest BCUT2D eigenvalue weighted by Crippen LogP contribution is -2.35. The Morgan fingerprint density at radius 1 is 1.09 bits per heavy atom. The standard InChI is InChI=1S/C18H19NO3/c1-12-17(13-5-3-2-4-6-13)7-8-19(12)18(22)14-9-15(20)11-16(21)10-14/h2-6,9-12,17,20-21H,7-8H2,1H3/t12-,17+/m0/s1. The van der Waals surface area contributed by atoms with Gasteiger partial charge in [0, 0.05) is 30.1 Å². The minimum Gasteiger partial charge on any atom is -0.508 e. The third-order valence-corrected chi connectivity index (χ3v) is 4.39. The van der Waals surface area contributed by atoms with Crippen molar-refractivity contribution in [2.24, 2.45) is 0 Å². The summed E-state index contributed by atoms with van der Waals surface area (Å²) in [6.07, 6.45) is 0.918. The highest BCUT2D eigenvalue weighted by molar-refractivity contribution is 5.95. The van der Waals surface area contributed by atoms with Crippen LogP contribution in [0.2, 0.25) is 0 Å². The van der Waals surface area contributed by atoms with E-state index in [4.69, 9.17) is 0 Å². The first-order chi connectivity index (χ1) is 10.6. The number of nitrogens with zero attached hydrogens (tertiary/aromatic N) is 1. The number of hydrogen-bond acceptors (Lipinski definition) is 3. The SMILES string of the molecule is C[C@H]1[C@H](c2ccccc2)CCN1C(=O)c1cc(O)cc(O)c1. The van der Waals surface area contributed by atoms with Crippen LogP contribution < -0.4 is 0 Å². The van der Waals surface area contributed by atoms with Crippen molar-refractivity contribution in [3.63, 3.8) is 0 Å². The van der Waals surface area contributed by atoms with Crippen LogP contribution in [0.4, 0.5) is 0 Å². The number of rotatable bonds is 2. The first kappa shape index (κ1) is 14.4. The van der Waals surface area contributed by atoms with Gasteiger partial charge in [0.05, 0.1) is 0 Å². The number of carbonyl (C=O) groups is 1. The average molecular weight is 297 g/mol. The van der Waals surface area contributed by atoms with Gasteiger partial charge in [0.25, 0.3) is 5.91 Å². The number of likely N-dealkylation sites (tertiary alicyclic amines) is 1. The van der Waals surface area contributed by atoms with Gasteiger partial charge in [-0.2, -0.15) is 0 Å². The minimum absolute atomic E-state index is 0.0828. The fourth-order valence-corrected chi connectivity index (χ4v) is 3.26. The van der Waals surface area contributed by atoms with E-state index in [0.717, 1.165) is 6.42 Å². The Labute approximate surface area is 129 Å². The molecule has 114 valence electrons. The number of amides is 1. The molecule has 1 fully saturated rings. The van der Waals surface area contributed by atoms with Gasteiger partial charge in [-0.15, -0.1) is 0 Å². The molecule has 0 aromatic heterocycles. The van der Waals surface area contributed by atoms with Gasteiger partial charge in [-0.25, -0.2) is 0 Å². The minimum atomic E-state index is -0.155. The number of hydrogen-bond donors (Lipinski definition) is 2. The van der Waals surface area contributed by atoms with E-state index in [9.17, 15) is 15.0 Å². The molecule has 0 radical (unpaired) electrons. The maximum absolute atomic E-state index is 12.6. The normalized spacial score (nSPS) is 21.0. The molecule has 2 aromatic carbocycles. The van der Waals surface area contributed by atoms with E-state index in [1.807, 2.05) is 30.0 Å². The Hall–Kier alpha value is -2.49. The maximum Gasteiger partial charge on any atom is 0.254 e. The first-order valence-electron chi connectivity index (χ1n) is 7.45. The summed E-state index contributed by atoms with van der Waals surface area (Å²) in [4.78, 5) is 14.5. The Balaban J connectivity index is 1.83. The molecular weight excluding hydrogens is 278 g/mol. The van der Waals surface area contributed by atoms with E-state index < -0.39 is 0 Å². The van der Waals surface area contributed by atoms with Crippen molar-refractivity contribution >= 4 is 5.91 Å². The van der Waals surface area contributed by atoms with E-state index in [1.54, 1.807) is 0 Å². The number of phenolic OH excluding ortho intramolecular Hbond substituents is 2. The molecule has 0 unspecified atom stereocenters. The summed E-state index contributed by atoms with van der Waals surface area (Å²) >= 11 is 0. The van der Waals surface area contributed by atoms with Crippen molar-refractivity contribution in [1.29, 1.82) is 0 Å². The summed E-state index contributed by atoms with van der Waals surface area (Å²) in [6, 6.07) is 14.3. The van der Waals surface area contributed by atoms with Crippen molar-refractivity contribution in [3.8, 4) is 11.5 Å². The second-order valence-electron chi connectivity index (χ2n) is 5.78. The van der Waals surface area contributed by atoms with Crippen LogP contribution in [-0.2, 0) is 0 Å². The molecule has 3 rings (SSSR count). The molecule has 0 saturated carbocycles. The lowest BCUT2D eigenvalue weighted by atomic mass is 9.93. The van der Waals surface area contributed by atoms with Gasteiger partial charge >= 0.3 is 0 Å². The van der Waals surface area contributed by atoms with Crippen LogP contribution in [0.1, 0.15) is 35.2 Å². The third-order valence-electron chi connectivity index (χ3n) is 4.39. The summed E-state index contributed by atoms with van der Waals surface area (Å²) in [7, 11) is 0. The van der Waals surface area contributed by atoms with Crippen molar-refractivity contribution in [1.82, 2.24) is 4.90 Å². The fraction of sp³-hybridized carbons (Fsp3) is 0.278. The zero-order chi connectivity index (χ0) is 15.7. The molecule has 2 aromatic rings. The van der Waals surface area contributed by atoms with E-state index in [1.165, 1.54) is 23.8 Å². The molecule has 0 spiro atoms. The van der Waals surface area contributed by atoms with Gasteiger partial charge < -0.3 is 15.1 Å².